The molecule has 1 aliphatic rings. The van der Waals surface area contributed by atoms with E-state index in [0.29, 0.717) is 12.1 Å². The van der Waals surface area contributed by atoms with E-state index >= 15 is 0 Å². The Labute approximate surface area is 88.7 Å². The van der Waals surface area contributed by atoms with Crippen molar-refractivity contribution in [3.8, 4) is 0 Å². The van der Waals surface area contributed by atoms with Crippen LogP contribution in [0.15, 0.2) is 0 Å². The summed E-state index contributed by atoms with van der Waals surface area (Å²) in [6.07, 6.45) is 0.143. The zero-order valence-corrected chi connectivity index (χ0v) is 9.29. The Morgan fingerprint density at radius 2 is 2.07 bits per heavy atom. The monoisotopic (exact) mass is 208 g/mol. The summed E-state index contributed by atoms with van der Waals surface area (Å²) in [6, 6.07) is 0. The lowest BCUT2D eigenvalue weighted by atomic mass is 9.96. The van der Waals surface area contributed by atoms with Crippen molar-refractivity contribution < 1.29 is 9.90 Å². The zero-order chi connectivity index (χ0) is 11.2. The minimum atomic E-state index is -0.557. The Bertz CT molecular complexity index is 401. The molecule has 1 unspecified atom stereocenters. The molecule has 0 saturated heterocycles. The molecule has 1 aliphatic carbocycles. The number of carbonyl (C=O) groups excluding carboxylic acids is 1. The first kappa shape index (κ1) is 10.4. The van der Waals surface area contributed by atoms with Crippen LogP contribution in [0, 0.1) is 0 Å². The quantitative estimate of drug-likeness (QED) is 0.673. The number of hydrogen-bond acceptors (Lipinski definition) is 3. The third-order valence-electron chi connectivity index (χ3n) is 2.61. The van der Waals surface area contributed by atoms with E-state index in [0.717, 1.165) is 11.5 Å². The molecule has 0 radical (unpaired) electrons. The number of nitrogens with one attached hydrogen (secondary N) is 1. The van der Waals surface area contributed by atoms with Crippen molar-refractivity contribution in [3.05, 3.63) is 17.2 Å². The van der Waals surface area contributed by atoms with Crippen LogP contribution in [0.25, 0.3) is 0 Å². The summed E-state index contributed by atoms with van der Waals surface area (Å²) >= 11 is 0. The topological polar surface area (TPSA) is 66.0 Å². The van der Waals surface area contributed by atoms with Gasteiger partial charge in [0.15, 0.2) is 5.78 Å². The van der Waals surface area contributed by atoms with Crippen LogP contribution in [0.5, 0.6) is 0 Å². The first-order chi connectivity index (χ1) is 6.88. The summed E-state index contributed by atoms with van der Waals surface area (Å²) in [5.74, 6) is 0.755. The third kappa shape index (κ3) is 1.81. The smallest absolute Gasteiger partial charge is 0.185 e. The Morgan fingerprint density at radius 3 is 2.67 bits per heavy atom. The molecule has 82 valence electrons. The number of imidazole rings is 1. The number of rotatable bonds is 0. The van der Waals surface area contributed by atoms with Gasteiger partial charge in [0.2, 0.25) is 0 Å². The molecule has 0 bridgehead atoms. The van der Waals surface area contributed by atoms with Crippen LogP contribution >= 0.6 is 0 Å². The van der Waals surface area contributed by atoms with Crippen molar-refractivity contribution in [2.75, 3.05) is 0 Å². The van der Waals surface area contributed by atoms with Crippen molar-refractivity contribution in [3.63, 3.8) is 0 Å². The maximum absolute atomic E-state index is 11.6. The predicted octanol–water partition coefficient (Wildman–Crippen LogP) is 1.20. The minimum absolute atomic E-state index is 0.0597. The van der Waals surface area contributed by atoms with Crippen LogP contribution in [-0.2, 0) is 11.8 Å². The summed E-state index contributed by atoms with van der Waals surface area (Å²) < 4.78 is 0. The molecule has 0 fully saturated rings. The van der Waals surface area contributed by atoms with Crippen LogP contribution in [0.4, 0.5) is 0 Å². The molecule has 4 heteroatoms. The number of aromatic amines is 1. The van der Waals surface area contributed by atoms with Crippen molar-refractivity contribution in [2.24, 2.45) is 0 Å². The first-order valence-corrected chi connectivity index (χ1v) is 5.18. The maximum atomic E-state index is 11.6. The number of Topliss-reactive ketones (excluding diaryl/α,β-unsaturated/α-hetero) is 1. The van der Waals surface area contributed by atoms with E-state index in [2.05, 4.69) is 9.97 Å². The average Bonchev–Trinajstić information content (AvgIpc) is 2.46. The number of hydrogen-bond donors (Lipinski definition) is 2. The summed E-state index contributed by atoms with van der Waals surface area (Å²) in [5.41, 5.74) is 1.21. The largest absolute Gasteiger partial charge is 0.392 e. The molecule has 0 spiro atoms. The molecule has 0 amide bonds. The second-order valence-electron chi connectivity index (χ2n) is 5.15. The van der Waals surface area contributed by atoms with Gasteiger partial charge in [-0.15, -0.1) is 0 Å². The van der Waals surface area contributed by atoms with Gasteiger partial charge in [-0.25, -0.2) is 4.98 Å². The average molecular weight is 208 g/mol. The fraction of sp³-hybridized carbons (Fsp3) is 0.636. The number of ketones is 1. The highest BCUT2D eigenvalue weighted by Crippen LogP contribution is 2.25. The van der Waals surface area contributed by atoms with E-state index in [-0.39, 0.29) is 17.6 Å². The molecular formula is C11H16N2O2. The van der Waals surface area contributed by atoms with Gasteiger partial charge < -0.3 is 10.1 Å². The van der Waals surface area contributed by atoms with Crippen molar-refractivity contribution in [1.29, 1.82) is 0 Å². The van der Waals surface area contributed by atoms with Gasteiger partial charge in [0.25, 0.3) is 0 Å². The van der Waals surface area contributed by atoms with Gasteiger partial charge in [0.05, 0.1) is 6.10 Å². The van der Waals surface area contributed by atoms with Crippen molar-refractivity contribution in [1.82, 2.24) is 9.97 Å². The van der Waals surface area contributed by atoms with Crippen LogP contribution < -0.4 is 0 Å². The summed E-state index contributed by atoms with van der Waals surface area (Å²) in [7, 11) is 0. The maximum Gasteiger partial charge on any atom is 0.185 e. The highest BCUT2D eigenvalue weighted by Gasteiger charge is 2.29. The molecule has 2 rings (SSSR count). The van der Waals surface area contributed by atoms with Crippen molar-refractivity contribution >= 4 is 5.78 Å². The molecule has 0 aliphatic heterocycles. The van der Waals surface area contributed by atoms with Gasteiger partial charge in [-0.3, -0.25) is 4.79 Å². The van der Waals surface area contributed by atoms with Gasteiger partial charge in [-0.05, 0) is 0 Å². The second-order valence-corrected chi connectivity index (χ2v) is 5.15. The number of carbonyl (C=O) groups is 1. The van der Waals surface area contributed by atoms with Gasteiger partial charge in [-0.1, -0.05) is 20.8 Å². The Balaban J connectivity index is 2.44. The number of aliphatic hydroxyl groups excluding tert-OH is 1. The highest BCUT2D eigenvalue weighted by atomic mass is 16.3. The van der Waals surface area contributed by atoms with E-state index in [1.807, 2.05) is 20.8 Å². The third-order valence-corrected chi connectivity index (χ3v) is 2.61. The number of nitrogens with zero attached hydrogens (tertiary/aromatic N) is 1. The first-order valence-electron chi connectivity index (χ1n) is 5.18. The van der Waals surface area contributed by atoms with Crippen molar-refractivity contribution in [2.45, 2.75) is 45.1 Å². The fourth-order valence-corrected chi connectivity index (χ4v) is 1.76. The standard InChI is InChI=1S/C11H16N2O2/c1-11(2,3)10-12-7-4-6(14)5-8(15)9(7)13-10/h6,14H,4-5H2,1-3H3,(H,12,13). The number of fused-ring (bicyclic) bond motifs is 1. The molecule has 1 aromatic rings. The van der Waals surface area contributed by atoms with Gasteiger partial charge in [-0.2, -0.15) is 0 Å². The molecule has 1 aromatic heterocycles. The molecule has 15 heavy (non-hydrogen) atoms. The molecular weight excluding hydrogens is 192 g/mol. The van der Waals surface area contributed by atoms with E-state index in [4.69, 9.17) is 0 Å². The van der Waals surface area contributed by atoms with E-state index in [1.165, 1.54) is 0 Å². The molecule has 4 nitrogen and oxygen atoms in total. The normalized spacial score (nSPS) is 21.6. The van der Waals surface area contributed by atoms with E-state index < -0.39 is 6.10 Å². The SMILES string of the molecule is CC(C)(C)c1nc2c([nH]1)CC(O)CC2=O. The lowest BCUT2D eigenvalue weighted by Crippen LogP contribution is -2.23. The van der Waals surface area contributed by atoms with Gasteiger partial charge >= 0.3 is 0 Å². The summed E-state index contributed by atoms with van der Waals surface area (Å²) in [4.78, 5) is 19.1. The van der Waals surface area contributed by atoms with Crippen LogP contribution in [-0.4, -0.2) is 27.0 Å². The van der Waals surface area contributed by atoms with Crippen LogP contribution in [0.3, 0.4) is 0 Å². The summed E-state index contributed by atoms with van der Waals surface area (Å²) in [5, 5.41) is 9.47. The van der Waals surface area contributed by atoms with Gasteiger partial charge in [0, 0.05) is 24.0 Å². The van der Waals surface area contributed by atoms with Crippen LogP contribution in [0.2, 0.25) is 0 Å². The molecule has 2 N–H and O–H groups in total. The predicted molar refractivity (Wildman–Crippen MR) is 55.9 cm³/mol. The number of aliphatic hydroxyl groups is 1. The Morgan fingerprint density at radius 1 is 1.40 bits per heavy atom. The van der Waals surface area contributed by atoms with Crippen LogP contribution in [0.1, 0.15) is 49.2 Å². The lowest BCUT2D eigenvalue weighted by molar-refractivity contribution is 0.0846. The number of aromatic nitrogens is 2. The molecule has 0 saturated carbocycles. The molecule has 1 atom stereocenters. The summed E-state index contributed by atoms with van der Waals surface area (Å²) in [6.45, 7) is 6.12. The fourth-order valence-electron chi connectivity index (χ4n) is 1.76. The number of H-pyrrole nitrogens is 1. The highest BCUT2D eigenvalue weighted by molar-refractivity contribution is 5.96. The minimum Gasteiger partial charge on any atom is -0.392 e. The van der Waals surface area contributed by atoms with E-state index in [1.54, 1.807) is 0 Å². The van der Waals surface area contributed by atoms with Gasteiger partial charge in [0.1, 0.15) is 11.5 Å². The Hall–Kier alpha value is -1.16. The lowest BCUT2D eigenvalue weighted by Gasteiger charge is -2.14. The zero-order valence-electron chi connectivity index (χ0n) is 9.29. The molecule has 1 heterocycles. The second kappa shape index (κ2) is 3.17. The Kier molecular flexibility index (Phi) is 2.19. The molecule has 0 aromatic carbocycles. The van der Waals surface area contributed by atoms with E-state index in [9.17, 15) is 9.90 Å².